The van der Waals surface area contributed by atoms with Gasteiger partial charge in [0.15, 0.2) is 0 Å². The zero-order valence-corrected chi connectivity index (χ0v) is 11.7. The number of piperidine rings is 1. The van der Waals surface area contributed by atoms with Crippen LogP contribution in [0, 0.1) is 6.92 Å². The zero-order chi connectivity index (χ0) is 13.5. The predicted molar refractivity (Wildman–Crippen MR) is 70.0 cm³/mol. The van der Waals surface area contributed by atoms with Gasteiger partial charge in [-0.2, -0.15) is 0 Å². The van der Waals surface area contributed by atoms with Crippen molar-refractivity contribution in [3.05, 3.63) is 17.5 Å². The van der Waals surface area contributed by atoms with E-state index in [1.165, 1.54) is 0 Å². The molecule has 0 saturated carbocycles. The molecule has 6 nitrogen and oxygen atoms in total. The van der Waals surface area contributed by atoms with Crippen LogP contribution in [0.1, 0.15) is 37.1 Å². The molecule has 2 aliphatic heterocycles. The summed E-state index contributed by atoms with van der Waals surface area (Å²) in [4.78, 5) is 0. The number of aryl methyl sites for hydroxylation is 1. The number of sulfonamides is 1. The lowest BCUT2D eigenvalue weighted by Crippen LogP contribution is -2.48. The van der Waals surface area contributed by atoms with Crippen molar-refractivity contribution in [3.8, 4) is 0 Å². The van der Waals surface area contributed by atoms with Crippen LogP contribution >= 0.6 is 0 Å². The maximum atomic E-state index is 12.1. The van der Waals surface area contributed by atoms with Crippen molar-refractivity contribution in [1.29, 1.82) is 0 Å². The van der Waals surface area contributed by atoms with E-state index in [9.17, 15) is 8.42 Å². The second kappa shape index (κ2) is 4.88. The highest BCUT2D eigenvalue weighted by Crippen LogP contribution is 2.27. The molecule has 1 aromatic heterocycles. The summed E-state index contributed by atoms with van der Waals surface area (Å²) in [5, 5.41) is 7.23. The minimum absolute atomic E-state index is 0.0525. The molecule has 7 heteroatoms. The van der Waals surface area contributed by atoms with Gasteiger partial charge in [-0.25, -0.2) is 13.1 Å². The zero-order valence-electron chi connectivity index (χ0n) is 10.9. The Morgan fingerprint density at radius 2 is 2.11 bits per heavy atom. The molecular weight excluding hydrogens is 266 g/mol. The minimum atomic E-state index is -3.34. The molecule has 19 heavy (non-hydrogen) atoms. The fourth-order valence-electron chi connectivity index (χ4n) is 3.13. The predicted octanol–water partition coefficient (Wildman–Crippen LogP) is 0.685. The SMILES string of the molecule is Cc1cc(CS(=O)(=O)NC2CC3CCC(C2)N3)no1. The standard InChI is InChI=1S/C12H19N3O3S/c1-8-4-12(14-18-8)7-19(16,17)15-11-5-9-2-3-10(6-11)13-9/h4,9-11,13,15H,2-3,5-7H2,1H3. The van der Waals surface area contributed by atoms with Gasteiger partial charge in [0.25, 0.3) is 0 Å². The van der Waals surface area contributed by atoms with Crippen LogP contribution in [0.3, 0.4) is 0 Å². The van der Waals surface area contributed by atoms with E-state index in [1.807, 2.05) is 0 Å². The first kappa shape index (κ1) is 13.1. The normalized spacial score (nSPS) is 30.7. The third-order valence-electron chi connectivity index (χ3n) is 3.83. The van der Waals surface area contributed by atoms with Crippen molar-refractivity contribution < 1.29 is 12.9 Å². The topological polar surface area (TPSA) is 84.2 Å². The number of aromatic nitrogens is 1. The van der Waals surface area contributed by atoms with Gasteiger partial charge < -0.3 is 9.84 Å². The maximum absolute atomic E-state index is 12.1. The van der Waals surface area contributed by atoms with Gasteiger partial charge in [-0.3, -0.25) is 0 Å². The number of rotatable bonds is 4. The molecular formula is C12H19N3O3S. The minimum Gasteiger partial charge on any atom is -0.361 e. The number of hydrogen-bond acceptors (Lipinski definition) is 5. The molecule has 2 atom stereocenters. The highest BCUT2D eigenvalue weighted by Gasteiger charge is 2.35. The van der Waals surface area contributed by atoms with Crippen molar-refractivity contribution in [2.24, 2.45) is 0 Å². The number of hydrogen-bond donors (Lipinski definition) is 2. The average molecular weight is 285 g/mol. The summed E-state index contributed by atoms with van der Waals surface area (Å²) in [5.41, 5.74) is 0.460. The Kier molecular flexibility index (Phi) is 3.36. The van der Waals surface area contributed by atoms with E-state index in [4.69, 9.17) is 4.52 Å². The number of fused-ring (bicyclic) bond motifs is 2. The highest BCUT2D eigenvalue weighted by molar-refractivity contribution is 7.88. The van der Waals surface area contributed by atoms with Crippen molar-refractivity contribution in [1.82, 2.24) is 15.2 Å². The van der Waals surface area contributed by atoms with E-state index in [2.05, 4.69) is 15.2 Å². The van der Waals surface area contributed by atoms with Gasteiger partial charge in [0.1, 0.15) is 17.2 Å². The van der Waals surface area contributed by atoms with Crippen LogP contribution in [0.2, 0.25) is 0 Å². The largest absolute Gasteiger partial charge is 0.361 e. The van der Waals surface area contributed by atoms with Crippen LogP contribution < -0.4 is 10.0 Å². The van der Waals surface area contributed by atoms with Crippen LogP contribution in [-0.4, -0.2) is 31.7 Å². The molecule has 2 aliphatic rings. The Morgan fingerprint density at radius 1 is 1.42 bits per heavy atom. The summed E-state index contributed by atoms with van der Waals surface area (Å²) in [7, 11) is -3.34. The quantitative estimate of drug-likeness (QED) is 0.850. The van der Waals surface area contributed by atoms with Gasteiger partial charge in [0, 0.05) is 24.2 Å². The van der Waals surface area contributed by atoms with Gasteiger partial charge >= 0.3 is 0 Å². The Labute approximate surface area is 113 Å². The van der Waals surface area contributed by atoms with Crippen LogP contribution in [0.5, 0.6) is 0 Å². The molecule has 2 bridgehead atoms. The second-order valence-corrected chi connectivity index (χ2v) is 7.37. The Bertz CT molecular complexity index is 542. The van der Waals surface area contributed by atoms with Gasteiger partial charge in [-0.15, -0.1) is 0 Å². The summed E-state index contributed by atoms with van der Waals surface area (Å²) >= 11 is 0. The molecule has 106 valence electrons. The monoisotopic (exact) mass is 285 g/mol. The fourth-order valence-corrected chi connectivity index (χ4v) is 4.44. The van der Waals surface area contributed by atoms with Gasteiger partial charge in [0.05, 0.1) is 0 Å². The van der Waals surface area contributed by atoms with Gasteiger partial charge in [-0.05, 0) is 32.6 Å². The highest BCUT2D eigenvalue weighted by atomic mass is 32.2. The van der Waals surface area contributed by atoms with E-state index < -0.39 is 10.0 Å². The van der Waals surface area contributed by atoms with Crippen molar-refractivity contribution in [2.75, 3.05) is 0 Å². The third-order valence-corrected chi connectivity index (χ3v) is 5.20. The molecule has 0 aliphatic carbocycles. The molecule has 3 heterocycles. The summed E-state index contributed by atoms with van der Waals surface area (Å²) in [6.45, 7) is 1.75. The van der Waals surface area contributed by atoms with Crippen LogP contribution in [-0.2, 0) is 15.8 Å². The smallest absolute Gasteiger partial charge is 0.217 e. The number of nitrogens with one attached hydrogen (secondary N) is 2. The van der Waals surface area contributed by atoms with Crippen molar-refractivity contribution >= 4 is 10.0 Å². The molecule has 0 spiro atoms. The molecule has 2 saturated heterocycles. The van der Waals surface area contributed by atoms with Gasteiger partial charge in [0.2, 0.25) is 10.0 Å². The molecule has 0 amide bonds. The molecule has 2 unspecified atom stereocenters. The summed E-state index contributed by atoms with van der Waals surface area (Å²) < 4.78 is 31.9. The summed E-state index contributed by atoms with van der Waals surface area (Å²) in [6, 6.07) is 2.66. The van der Waals surface area contributed by atoms with Gasteiger partial charge in [-0.1, -0.05) is 5.16 Å². The number of nitrogens with zero attached hydrogens (tertiary/aromatic N) is 1. The Hall–Kier alpha value is -0.920. The lowest BCUT2D eigenvalue weighted by molar-refractivity contribution is 0.345. The van der Waals surface area contributed by atoms with Crippen LogP contribution in [0.4, 0.5) is 0 Å². The first-order chi connectivity index (χ1) is 9.00. The van der Waals surface area contributed by atoms with Crippen LogP contribution in [0.15, 0.2) is 10.6 Å². The first-order valence-corrected chi connectivity index (χ1v) is 8.34. The molecule has 0 radical (unpaired) electrons. The van der Waals surface area contributed by atoms with Crippen LogP contribution in [0.25, 0.3) is 0 Å². The lowest BCUT2D eigenvalue weighted by atomic mass is 10.0. The summed E-state index contributed by atoms with van der Waals surface area (Å²) in [6.07, 6.45) is 4.08. The maximum Gasteiger partial charge on any atom is 0.217 e. The van der Waals surface area contributed by atoms with E-state index >= 15 is 0 Å². The first-order valence-electron chi connectivity index (χ1n) is 6.68. The van der Waals surface area contributed by atoms with E-state index in [-0.39, 0.29) is 11.8 Å². The van der Waals surface area contributed by atoms with Crippen molar-refractivity contribution in [2.45, 2.75) is 56.5 Å². The summed E-state index contributed by atoms with van der Waals surface area (Å²) in [5.74, 6) is 0.522. The molecule has 1 aromatic rings. The Morgan fingerprint density at radius 3 is 2.68 bits per heavy atom. The molecule has 2 N–H and O–H groups in total. The fraction of sp³-hybridized carbons (Fsp3) is 0.750. The Balaban J connectivity index is 1.62. The van der Waals surface area contributed by atoms with E-state index in [0.29, 0.717) is 23.5 Å². The lowest BCUT2D eigenvalue weighted by Gasteiger charge is -2.29. The molecule has 2 fully saturated rings. The van der Waals surface area contributed by atoms with E-state index in [1.54, 1.807) is 13.0 Å². The average Bonchev–Trinajstić information content (AvgIpc) is 2.84. The van der Waals surface area contributed by atoms with E-state index in [0.717, 1.165) is 25.7 Å². The molecule has 3 rings (SSSR count). The second-order valence-electron chi connectivity index (χ2n) is 5.61. The van der Waals surface area contributed by atoms with Crippen molar-refractivity contribution in [3.63, 3.8) is 0 Å². The molecule has 0 aromatic carbocycles. The third kappa shape index (κ3) is 3.16.